The van der Waals surface area contributed by atoms with E-state index in [9.17, 15) is 4.79 Å². The van der Waals surface area contributed by atoms with Gasteiger partial charge in [0.05, 0.1) is 0 Å². The van der Waals surface area contributed by atoms with Crippen molar-refractivity contribution in [2.45, 2.75) is 13.1 Å². The Labute approximate surface area is 118 Å². The van der Waals surface area contributed by atoms with Crippen LogP contribution in [0.1, 0.15) is 21.6 Å². The molecule has 0 aliphatic carbocycles. The third kappa shape index (κ3) is 3.33. The Balaban J connectivity index is 2.16. The predicted molar refractivity (Wildman–Crippen MR) is 79.2 cm³/mol. The Morgan fingerprint density at radius 2 is 2.00 bits per heavy atom. The van der Waals surface area contributed by atoms with E-state index in [1.807, 2.05) is 36.2 Å². The van der Waals surface area contributed by atoms with E-state index < -0.39 is 5.91 Å². The Morgan fingerprint density at radius 1 is 1.25 bits per heavy atom. The van der Waals surface area contributed by atoms with Crippen molar-refractivity contribution >= 4 is 11.6 Å². The monoisotopic (exact) mass is 270 g/mol. The van der Waals surface area contributed by atoms with Gasteiger partial charge in [-0.2, -0.15) is 0 Å². The smallest absolute Gasteiger partial charge is 0.267 e. The van der Waals surface area contributed by atoms with Gasteiger partial charge in [0.25, 0.3) is 5.91 Å². The molecule has 0 saturated carbocycles. The molecule has 0 spiro atoms. The van der Waals surface area contributed by atoms with E-state index in [1.165, 1.54) is 0 Å². The maximum absolute atomic E-state index is 11.1. The summed E-state index contributed by atoms with van der Waals surface area (Å²) in [4.78, 5) is 17.1. The fourth-order valence-corrected chi connectivity index (χ4v) is 2.01. The van der Waals surface area contributed by atoms with Crippen LogP contribution in [0.25, 0.3) is 0 Å². The molecule has 0 radical (unpaired) electrons. The van der Waals surface area contributed by atoms with Crippen LogP contribution in [0.2, 0.25) is 0 Å². The highest BCUT2D eigenvalue weighted by molar-refractivity contribution is 5.91. The van der Waals surface area contributed by atoms with Gasteiger partial charge in [-0.05, 0) is 23.3 Å². The van der Waals surface area contributed by atoms with Gasteiger partial charge in [0, 0.05) is 32.0 Å². The lowest BCUT2D eigenvalue weighted by Gasteiger charge is -2.20. The van der Waals surface area contributed by atoms with Gasteiger partial charge in [-0.1, -0.05) is 24.3 Å². The molecule has 0 aliphatic heterocycles. The first-order chi connectivity index (χ1) is 9.60. The van der Waals surface area contributed by atoms with Gasteiger partial charge >= 0.3 is 0 Å². The molecule has 4 N–H and O–H groups in total. The number of hydrogen-bond acceptors (Lipinski definition) is 4. The molecule has 2 aromatic rings. The van der Waals surface area contributed by atoms with Crippen molar-refractivity contribution in [3.05, 3.63) is 59.4 Å². The number of rotatable bonds is 5. The average Bonchev–Trinajstić information content (AvgIpc) is 2.47. The van der Waals surface area contributed by atoms with E-state index in [0.29, 0.717) is 6.54 Å². The molecule has 1 aromatic carbocycles. The van der Waals surface area contributed by atoms with Crippen LogP contribution < -0.4 is 16.4 Å². The number of carbonyl (C=O) groups is 1. The first kappa shape index (κ1) is 14.0. The first-order valence-electron chi connectivity index (χ1n) is 6.35. The number of anilines is 1. The molecule has 20 heavy (non-hydrogen) atoms. The summed E-state index contributed by atoms with van der Waals surface area (Å²) in [7, 11) is 1.95. The second kappa shape index (κ2) is 6.16. The minimum atomic E-state index is -0.523. The van der Waals surface area contributed by atoms with E-state index in [0.717, 1.165) is 23.4 Å². The van der Waals surface area contributed by atoms with Crippen LogP contribution in [0.4, 0.5) is 5.69 Å². The van der Waals surface area contributed by atoms with Crippen molar-refractivity contribution in [1.82, 2.24) is 4.98 Å². The minimum Gasteiger partial charge on any atom is -0.370 e. The second-order valence-electron chi connectivity index (χ2n) is 4.64. The van der Waals surface area contributed by atoms with Crippen molar-refractivity contribution in [2.24, 2.45) is 11.5 Å². The van der Waals surface area contributed by atoms with Gasteiger partial charge in [0.15, 0.2) is 0 Å². The number of aromatic nitrogens is 1. The summed E-state index contributed by atoms with van der Waals surface area (Å²) in [6, 6.07) is 11.7. The zero-order chi connectivity index (χ0) is 14.5. The fraction of sp³-hybridized carbons (Fsp3) is 0.200. The highest BCUT2D eigenvalue weighted by Crippen LogP contribution is 2.16. The minimum absolute atomic E-state index is 0.269. The molecule has 0 atom stereocenters. The molecule has 5 nitrogen and oxygen atoms in total. The predicted octanol–water partition coefficient (Wildman–Crippen LogP) is 1.28. The number of amides is 1. The Bertz CT molecular complexity index is 612. The number of hydrogen-bond donors (Lipinski definition) is 2. The maximum Gasteiger partial charge on any atom is 0.267 e. The van der Waals surface area contributed by atoms with Crippen LogP contribution in [0.15, 0.2) is 42.6 Å². The third-order valence-electron chi connectivity index (χ3n) is 3.08. The molecular formula is C15H18N4O. The molecule has 104 valence electrons. The molecule has 0 aliphatic rings. The number of nitrogens with zero attached hydrogens (tertiary/aromatic N) is 2. The lowest BCUT2D eigenvalue weighted by Crippen LogP contribution is -2.19. The Morgan fingerprint density at radius 3 is 2.70 bits per heavy atom. The quantitative estimate of drug-likeness (QED) is 0.857. The van der Waals surface area contributed by atoms with Crippen molar-refractivity contribution in [3.8, 4) is 0 Å². The number of benzene rings is 1. The van der Waals surface area contributed by atoms with Crippen molar-refractivity contribution < 1.29 is 4.79 Å². The van der Waals surface area contributed by atoms with Gasteiger partial charge in [0.2, 0.25) is 0 Å². The van der Waals surface area contributed by atoms with Gasteiger partial charge in [-0.3, -0.25) is 9.78 Å². The van der Waals surface area contributed by atoms with Crippen molar-refractivity contribution in [2.75, 3.05) is 11.9 Å². The van der Waals surface area contributed by atoms with Crippen LogP contribution in [0.5, 0.6) is 0 Å². The summed E-state index contributed by atoms with van der Waals surface area (Å²) >= 11 is 0. The normalized spacial score (nSPS) is 10.3. The molecule has 1 aromatic heterocycles. The molecule has 1 amide bonds. The van der Waals surface area contributed by atoms with E-state index in [-0.39, 0.29) is 5.69 Å². The van der Waals surface area contributed by atoms with Gasteiger partial charge in [-0.15, -0.1) is 0 Å². The fourth-order valence-electron chi connectivity index (χ4n) is 2.01. The highest BCUT2D eigenvalue weighted by Gasteiger charge is 2.07. The SMILES string of the molecule is CN(Cc1cccc(CN)c1)c1ccnc(C(N)=O)c1. The first-order valence-corrected chi connectivity index (χ1v) is 6.35. The van der Waals surface area contributed by atoms with E-state index in [4.69, 9.17) is 11.5 Å². The topological polar surface area (TPSA) is 85.2 Å². The van der Waals surface area contributed by atoms with Gasteiger partial charge in [-0.25, -0.2) is 0 Å². The van der Waals surface area contributed by atoms with Gasteiger partial charge < -0.3 is 16.4 Å². The van der Waals surface area contributed by atoms with Crippen LogP contribution in [0, 0.1) is 0 Å². The van der Waals surface area contributed by atoms with Crippen molar-refractivity contribution in [3.63, 3.8) is 0 Å². The Hall–Kier alpha value is -2.40. The summed E-state index contributed by atoms with van der Waals surface area (Å²) in [5.41, 5.74) is 14.3. The average molecular weight is 270 g/mol. The second-order valence-corrected chi connectivity index (χ2v) is 4.64. The summed E-state index contributed by atoms with van der Waals surface area (Å²) in [6.07, 6.45) is 1.59. The molecule has 5 heteroatoms. The molecule has 2 rings (SSSR count). The largest absolute Gasteiger partial charge is 0.370 e. The van der Waals surface area contributed by atoms with Crippen molar-refractivity contribution in [1.29, 1.82) is 0 Å². The number of carbonyl (C=O) groups excluding carboxylic acids is 1. The summed E-state index contributed by atoms with van der Waals surface area (Å²) in [5.74, 6) is -0.523. The number of primary amides is 1. The molecule has 0 fully saturated rings. The zero-order valence-electron chi connectivity index (χ0n) is 11.4. The van der Waals surface area contributed by atoms with Crippen LogP contribution in [-0.2, 0) is 13.1 Å². The van der Waals surface area contributed by atoms with Gasteiger partial charge in [0.1, 0.15) is 5.69 Å². The summed E-state index contributed by atoms with van der Waals surface area (Å²) in [6.45, 7) is 1.24. The Kier molecular flexibility index (Phi) is 4.32. The number of nitrogens with two attached hydrogens (primary N) is 2. The van der Waals surface area contributed by atoms with Crippen LogP contribution in [-0.4, -0.2) is 17.9 Å². The highest BCUT2D eigenvalue weighted by atomic mass is 16.1. The summed E-state index contributed by atoms with van der Waals surface area (Å²) in [5, 5.41) is 0. The van der Waals surface area contributed by atoms with Crippen LogP contribution in [0.3, 0.4) is 0 Å². The molecule has 1 heterocycles. The lowest BCUT2D eigenvalue weighted by atomic mass is 10.1. The lowest BCUT2D eigenvalue weighted by molar-refractivity contribution is 0.0995. The molecule has 0 bridgehead atoms. The van der Waals surface area contributed by atoms with Crippen LogP contribution >= 0.6 is 0 Å². The molecular weight excluding hydrogens is 252 g/mol. The molecule has 0 saturated heterocycles. The standard InChI is InChI=1S/C15H18N4O/c1-19(10-12-4-2-3-11(7-12)9-16)13-5-6-18-14(8-13)15(17)20/h2-8H,9-10,16H2,1H3,(H2,17,20). The number of pyridine rings is 1. The maximum atomic E-state index is 11.1. The third-order valence-corrected chi connectivity index (χ3v) is 3.08. The van der Waals surface area contributed by atoms with E-state index in [2.05, 4.69) is 11.1 Å². The molecule has 0 unspecified atom stereocenters. The zero-order valence-corrected chi connectivity index (χ0v) is 11.4. The van der Waals surface area contributed by atoms with E-state index in [1.54, 1.807) is 12.3 Å². The summed E-state index contributed by atoms with van der Waals surface area (Å²) < 4.78 is 0. The van der Waals surface area contributed by atoms with E-state index >= 15 is 0 Å².